The first-order valence-corrected chi connectivity index (χ1v) is 10.4. The van der Waals surface area contributed by atoms with Crippen molar-refractivity contribution in [3.63, 3.8) is 0 Å². The number of carbonyl (C=O) groups is 3. The van der Waals surface area contributed by atoms with Gasteiger partial charge in [0.1, 0.15) is 5.75 Å². The molecule has 1 heterocycles. The zero-order valence-electron chi connectivity index (χ0n) is 18.3. The van der Waals surface area contributed by atoms with Gasteiger partial charge < -0.3 is 25.0 Å². The summed E-state index contributed by atoms with van der Waals surface area (Å²) in [5.74, 6) is -1.06. The third kappa shape index (κ3) is 5.98. The van der Waals surface area contributed by atoms with Crippen LogP contribution in [0.25, 0.3) is 0 Å². The van der Waals surface area contributed by atoms with E-state index in [0.717, 1.165) is 37.6 Å². The average molecular weight is 441 g/mol. The number of esters is 1. The molecule has 0 aliphatic carbocycles. The Labute approximate surface area is 187 Å². The molecular weight excluding hydrogens is 412 g/mol. The van der Waals surface area contributed by atoms with Crippen molar-refractivity contribution in [3.05, 3.63) is 54.1 Å². The van der Waals surface area contributed by atoms with Gasteiger partial charge in [0.25, 0.3) is 0 Å². The number of hydrogen-bond donors (Lipinski definition) is 2. The van der Waals surface area contributed by atoms with Crippen molar-refractivity contribution < 1.29 is 23.9 Å². The molecule has 0 spiro atoms. The average Bonchev–Trinajstić information content (AvgIpc) is 2.84. The Morgan fingerprint density at radius 1 is 0.906 bits per heavy atom. The standard InChI is InChI=1S/C23H28N4O5/c1-31-20-6-4-3-5-19(20)27-15-13-26(14-16-27)12-11-24-21(28)22(29)25-18-9-7-17(8-10-18)23(30)32-2/h3-10H,11-16H2,1-2H3,(H,24,28)(H,25,29). The van der Waals surface area contributed by atoms with Crippen LogP contribution in [0.5, 0.6) is 5.75 Å². The van der Waals surface area contributed by atoms with Crippen LogP contribution >= 0.6 is 0 Å². The highest BCUT2D eigenvalue weighted by Crippen LogP contribution is 2.28. The molecule has 0 radical (unpaired) electrons. The van der Waals surface area contributed by atoms with Crippen LogP contribution in [0.1, 0.15) is 10.4 Å². The van der Waals surface area contributed by atoms with Gasteiger partial charge >= 0.3 is 17.8 Å². The lowest BCUT2D eigenvalue weighted by atomic mass is 10.2. The maximum absolute atomic E-state index is 12.1. The number of anilines is 2. The van der Waals surface area contributed by atoms with Crippen LogP contribution in [0.4, 0.5) is 11.4 Å². The Morgan fingerprint density at radius 2 is 1.59 bits per heavy atom. The van der Waals surface area contributed by atoms with Crippen molar-refractivity contribution in [1.82, 2.24) is 10.2 Å². The van der Waals surface area contributed by atoms with Crippen LogP contribution in [0, 0.1) is 0 Å². The van der Waals surface area contributed by atoms with Crippen LogP contribution in [0.2, 0.25) is 0 Å². The quantitative estimate of drug-likeness (QED) is 0.495. The largest absolute Gasteiger partial charge is 0.495 e. The van der Waals surface area contributed by atoms with E-state index in [1.54, 1.807) is 19.2 Å². The Balaban J connectivity index is 1.38. The van der Waals surface area contributed by atoms with Gasteiger partial charge in [0.05, 0.1) is 25.5 Å². The molecular formula is C23H28N4O5. The monoisotopic (exact) mass is 440 g/mol. The summed E-state index contributed by atoms with van der Waals surface area (Å²) in [5, 5.41) is 5.16. The predicted molar refractivity (Wildman–Crippen MR) is 121 cm³/mol. The van der Waals surface area contributed by atoms with Crippen molar-refractivity contribution in [2.75, 3.05) is 63.7 Å². The summed E-state index contributed by atoms with van der Waals surface area (Å²) < 4.78 is 10.1. The van der Waals surface area contributed by atoms with Gasteiger partial charge in [-0.2, -0.15) is 0 Å². The molecule has 0 bridgehead atoms. The van der Waals surface area contributed by atoms with E-state index in [1.165, 1.54) is 19.2 Å². The molecule has 170 valence electrons. The van der Waals surface area contributed by atoms with Gasteiger partial charge in [-0.1, -0.05) is 12.1 Å². The number of piperazine rings is 1. The molecule has 0 saturated carbocycles. The minimum absolute atomic E-state index is 0.362. The van der Waals surface area contributed by atoms with Gasteiger partial charge in [-0.3, -0.25) is 14.5 Å². The highest BCUT2D eigenvalue weighted by atomic mass is 16.5. The van der Waals surface area contributed by atoms with Crippen molar-refractivity contribution in [2.24, 2.45) is 0 Å². The minimum Gasteiger partial charge on any atom is -0.495 e. The summed E-state index contributed by atoms with van der Waals surface area (Å²) in [6.07, 6.45) is 0. The number of para-hydroxylation sites is 2. The van der Waals surface area contributed by atoms with Gasteiger partial charge in [-0.25, -0.2) is 4.79 Å². The van der Waals surface area contributed by atoms with E-state index in [9.17, 15) is 14.4 Å². The minimum atomic E-state index is -0.753. The van der Waals surface area contributed by atoms with Gasteiger partial charge in [-0.15, -0.1) is 0 Å². The first kappa shape index (κ1) is 23.1. The molecule has 9 heteroatoms. The molecule has 0 atom stereocenters. The van der Waals surface area contributed by atoms with Gasteiger partial charge in [0.2, 0.25) is 0 Å². The number of rotatable bonds is 7. The number of amides is 2. The first-order valence-electron chi connectivity index (χ1n) is 10.4. The second-order valence-electron chi connectivity index (χ2n) is 7.28. The fraction of sp³-hybridized carbons (Fsp3) is 0.348. The highest BCUT2D eigenvalue weighted by molar-refractivity contribution is 6.39. The zero-order valence-corrected chi connectivity index (χ0v) is 18.3. The molecule has 2 aromatic carbocycles. The molecule has 2 N–H and O–H groups in total. The molecule has 0 aromatic heterocycles. The lowest BCUT2D eigenvalue weighted by Crippen LogP contribution is -2.49. The normalized spacial score (nSPS) is 13.9. The van der Waals surface area contributed by atoms with Crippen molar-refractivity contribution >= 4 is 29.2 Å². The van der Waals surface area contributed by atoms with Crippen LogP contribution in [0.15, 0.2) is 48.5 Å². The number of nitrogens with zero attached hydrogens (tertiary/aromatic N) is 2. The molecule has 2 aromatic rings. The number of nitrogens with one attached hydrogen (secondary N) is 2. The molecule has 1 saturated heterocycles. The predicted octanol–water partition coefficient (Wildman–Crippen LogP) is 1.36. The third-order valence-corrected chi connectivity index (χ3v) is 5.28. The lowest BCUT2D eigenvalue weighted by Gasteiger charge is -2.36. The van der Waals surface area contributed by atoms with Crippen molar-refractivity contribution in [3.8, 4) is 5.75 Å². The summed E-state index contributed by atoms with van der Waals surface area (Å²) in [6.45, 7) is 4.46. The molecule has 0 unspecified atom stereocenters. The van der Waals surface area contributed by atoms with Crippen molar-refractivity contribution in [2.45, 2.75) is 0 Å². The van der Waals surface area contributed by atoms with E-state index in [1.807, 2.05) is 18.2 Å². The SMILES string of the molecule is COC(=O)c1ccc(NC(=O)C(=O)NCCN2CCN(c3ccccc3OC)CC2)cc1. The number of ether oxygens (including phenoxy) is 2. The second-order valence-corrected chi connectivity index (χ2v) is 7.28. The topological polar surface area (TPSA) is 100 Å². The molecule has 2 amide bonds. The molecule has 3 rings (SSSR count). The van der Waals surface area contributed by atoms with Gasteiger partial charge in [0, 0.05) is 45.0 Å². The van der Waals surface area contributed by atoms with E-state index < -0.39 is 17.8 Å². The van der Waals surface area contributed by atoms with E-state index in [2.05, 4.69) is 31.2 Å². The lowest BCUT2D eigenvalue weighted by molar-refractivity contribution is -0.136. The Hall–Kier alpha value is -3.59. The summed E-state index contributed by atoms with van der Waals surface area (Å²) in [6, 6.07) is 14.1. The fourth-order valence-corrected chi connectivity index (χ4v) is 3.51. The molecule has 1 fully saturated rings. The number of hydrogen-bond acceptors (Lipinski definition) is 7. The van der Waals surface area contributed by atoms with Crippen LogP contribution in [-0.4, -0.2) is 76.2 Å². The summed E-state index contributed by atoms with van der Waals surface area (Å²) in [5.41, 5.74) is 1.87. The summed E-state index contributed by atoms with van der Waals surface area (Å²) in [7, 11) is 2.97. The van der Waals surface area contributed by atoms with Crippen LogP contribution in [0.3, 0.4) is 0 Å². The first-order chi connectivity index (χ1) is 15.5. The Bertz CT molecular complexity index is 940. The van der Waals surface area contributed by atoms with E-state index in [0.29, 0.717) is 24.3 Å². The summed E-state index contributed by atoms with van der Waals surface area (Å²) in [4.78, 5) is 40.1. The van der Waals surface area contributed by atoms with Crippen molar-refractivity contribution in [1.29, 1.82) is 0 Å². The van der Waals surface area contributed by atoms with Gasteiger partial charge in [-0.05, 0) is 36.4 Å². The Morgan fingerprint density at radius 3 is 2.25 bits per heavy atom. The highest BCUT2D eigenvalue weighted by Gasteiger charge is 2.20. The third-order valence-electron chi connectivity index (χ3n) is 5.28. The maximum Gasteiger partial charge on any atom is 0.337 e. The van der Waals surface area contributed by atoms with E-state index in [-0.39, 0.29) is 0 Å². The number of benzene rings is 2. The number of carbonyl (C=O) groups excluding carboxylic acids is 3. The second kappa shape index (κ2) is 11.1. The van der Waals surface area contributed by atoms with Crippen LogP contribution in [-0.2, 0) is 14.3 Å². The molecule has 9 nitrogen and oxygen atoms in total. The zero-order chi connectivity index (χ0) is 22.9. The summed E-state index contributed by atoms with van der Waals surface area (Å²) >= 11 is 0. The number of methoxy groups -OCH3 is 2. The Kier molecular flexibility index (Phi) is 8.04. The molecule has 1 aliphatic rings. The van der Waals surface area contributed by atoms with E-state index in [4.69, 9.17) is 4.74 Å². The van der Waals surface area contributed by atoms with Gasteiger partial charge in [0.15, 0.2) is 0 Å². The molecule has 32 heavy (non-hydrogen) atoms. The smallest absolute Gasteiger partial charge is 0.337 e. The van der Waals surface area contributed by atoms with Crippen LogP contribution < -0.4 is 20.3 Å². The maximum atomic E-state index is 12.1. The van der Waals surface area contributed by atoms with E-state index >= 15 is 0 Å². The molecule has 1 aliphatic heterocycles. The fourth-order valence-electron chi connectivity index (χ4n) is 3.51.